The highest BCUT2D eigenvalue weighted by Gasteiger charge is 2.10. The van der Waals surface area contributed by atoms with Crippen LogP contribution >= 0.6 is 15.9 Å². The summed E-state index contributed by atoms with van der Waals surface area (Å²) in [5.74, 6) is -1.23. The second-order valence-corrected chi connectivity index (χ2v) is 4.63. The summed E-state index contributed by atoms with van der Waals surface area (Å²) in [6, 6.07) is 6.35. The normalized spacial score (nSPS) is 10.5. The van der Waals surface area contributed by atoms with Crippen LogP contribution in [0.3, 0.4) is 0 Å². The Kier molecular flexibility index (Phi) is 4.31. The molecule has 0 radical (unpaired) electrons. The van der Waals surface area contributed by atoms with Gasteiger partial charge in [-0.2, -0.15) is 0 Å². The molecule has 1 aromatic carbocycles. The first kappa shape index (κ1) is 13.7. The summed E-state index contributed by atoms with van der Waals surface area (Å²) in [5.41, 5.74) is 0.223. The number of hydrogen-bond donors (Lipinski definition) is 1. The van der Waals surface area contributed by atoms with Gasteiger partial charge in [0.15, 0.2) is 10.4 Å². The second-order valence-electron chi connectivity index (χ2n) is 3.85. The van der Waals surface area contributed by atoms with Crippen molar-refractivity contribution in [3.05, 3.63) is 58.0 Å². The summed E-state index contributed by atoms with van der Waals surface area (Å²) in [5, 5.41) is 2.56. The maximum Gasteiger partial charge on any atom is 0.287 e. The molecular weight excluding hydrogens is 320 g/mol. The van der Waals surface area contributed by atoms with Crippen LogP contribution in [-0.4, -0.2) is 12.5 Å². The molecule has 2 rings (SSSR count). The highest BCUT2D eigenvalue weighted by Crippen LogP contribution is 2.14. The SMILES string of the molecule is O=C(NCCc1cc(F)ccc1F)c1ccc(Br)o1. The van der Waals surface area contributed by atoms with Crippen LogP contribution in [0.5, 0.6) is 0 Å². The molecule has 0 saturated carbocycles. The first-order valence-corrected chi connectivity index (χ1v) is 6.33. The van der Waals surface area contributed by atoms with Crippen molar-refractivity contribution in [1.29, 1.82) is 0 Å². The summed E-state index contributed by atoms with van der Waals surface area (Å²) in [7, 11) is 0. The molecule has 2 aromatic rings. The lowest BCUT2D eigenvalue weighted by Crippen LogP contribution is -2.25. The van der Waals surface area contributed by atoms with Crippen LogP contribution in [0.2, 0.25) is 0 Å². The first-order valence-electron chi connectivity index (χ1n) is 5.54. The quantitative estimate of drug-likeness (QED) is 0.935. The van der Waals surface area contributed by atoms with E-state index in [1.165, 1.54) is 6.07 Å². The van der Waals surface area contributed by atoms with E-state index in [0.29, 0.717) is 4.67 Å². The van der Waals surface area contributed by atoms with Gasteiger partial charge in [-0.25, -0.2) is 8.78 Å². The zero-order valence-electron chi connectivity index (χ0n) is 9.75. The summed E-state index contributed by atoms with van der Waals surface area (Å²) in [4.78, 5) is 11.6. The smallest absolute Gasteiger partial charge is 0.287 e. The Morgan fingerprint density at radius 3 is 2.74 bits per heavy atom. The van der Waals surface area contributed by atoms with E-state index in [0.717, 1.165) is 18.2 Å². The van der Waals surface area contributed by atoms with Crippen LogP contribution in [-0.2, 0) is 6.42 Å². The van der Waals surface area contributed by atoms with Crippen LogP contribution in [0.4, 0.5) is 8.78 Å². The monoisotopic (exact) mass is 329 g/mol. The summed E-state index contributed by atoms with van der Waals surface area (Å²) >= 11 is 3.08. The maximum atomic E-state index is 13.3. The predicted octanol–water partition coefficient (Wildman–Crippen LogP) is 3.29. The van der Waals surface area contributed by atoms with E-state index in [2.05, 4.69) is 21.2 Å². The molecule has 100 valence electrons. The van der Waals surface area contributed by atoms with Crippen molar-refractivity contribution in [3.8, 4) is 0 Å². The molecule has 1 heterocycles. The van der Waals surface area contributed by atoms with Gasteiger partial charge in [-0.3, -0.25) is 4.79 Å². The van der Waals surface area contributed by atoms with Crippen molar-refractivity contribution in [1.82, 2.24) is 5.32 Å². The number of rotatable bonds is 4. The molecule has 1 aromatic heterocycles. The van der Waals surface area contributed by atoms with Crippen LogP contribution in [0.15, 0.2) is 39.4 Å². The molecule has 0 fully saturated rings. The van der Waals surface area contributed by atoms with Crippen LogP contribution in [0, 0.1) is 11.6 Å². The van der Waals surface area contributed by atoms with E-state index in [4.69, 9.17) is 4.42 Å². The number of furan rings is 1. The Morgan fingerprint density at radius 2 is 2.05 bits per heavy atom. The van der Waals surface area contributed by atoms with Crippen molar-refractivity contribution < 1.29 is 18.0 Å². The standard InChI is InChI=1S/C13H10BrF2NO2/c14-12-4-3-11(19-12)13(18)17-6-5-8-7-9(15)1-2-10(8)16/h1-4,7H,5-6H2,(H,17,18). The van der Waals surface area contributed by atoms with Gasteiger partial charge < -0.3 is 9.73 Å². The molecule has 0 spiro atoms. The molecule has 1 amide bonds. The fourth-order valence-electron chi connectivity index (χ4n) is 1.57. The van der Waals surface area contributed by atoms with Gasteiger partial charge in [0.2, 0.25) is 0 Å². The third kappa shape index (κ3) is 3.64. The zero-order valence-corrected chi connectivity index (χ0v) is 11.3. The van der Waals surface area contributed by atoms with Crippen molar-refractivity contribution >= 4 is 21.8 Å². The molecule has 0 saturated heterocycles. The van der Waals surface area contributed by atoms with Gasteiger partial charge in [-0.05, 0) is 58.2 Å². The molecule has 19 heavy (non-hydrogen) atoms. The maximum absolute atomic E-state index is 13.3. The van der Waals surface area contributed by atoms with Crippen LogP contribution in [0.25, 0.3) is 0 Å². The third-order valence-corrected chi connectivity index (χ3v) is 2.91. The lowest BCUT2D eigenvalue weighted by atomic mass is 10.1. The molecule has 0 aliphatic rings. The Balaban J connectivity index is 1.90. The number of carbonyl (C=O) groups is 1. The molecule has 0 aliphatic heterocycles. The average Bonchev–Trinajstić information content (AvgIpc) is 2.80. The van der Waals surface area contributed by atoms with Gasteiger partial charge in [0.1, 0.15) is 11.6 Å². The van der Waals surface area contributed by atoms with E-state index in [9.17, 15) is 13.6 Å². The number of halogens is 3. The molecule has 0 bridgehead atoms. The number of hydrogen-bond acceptors (Lipinski definition) is 2. The van der Waals surface area contributed by atoms with Crippen molar-refractivity contribution in [2.24, 2.45) is 0 Å². The molecule has 0 unspecified atom stereocenters. The number of benzene rings is 1. The zero-order chi connectivity index (χ0) is 13.8. The van der Waals surface area contributed by atoms with E-state index in [1.807, 2.05) is 0 Å². The number of amides is 1. The fraction of sp³-hybridized carbons (Fsp3) is 0.154. The minimum absolute atomic E-state index is 0.159. The van der Waals surface area contributed by atoms with Crippen LogP contribution in [0.1, 0.15) is 16.1 Å². The van der Waals surface area contributed by atoms with Gasteiger partial charge in [0, 0.05) is 6.54 Å². The Labute approximate surface area is 116 Å². The fourth-order valence-corrected chi connectivity index (χ4v) is 1.88. The number of nitrogens with one attached hydrogen (secondary N) is 1. The molecule has 1 N–H and O–H groups in total. The van der Waals surface area contributed by atoms with Gasteiger partial charge in [-0.15, -0.1) is 0 Å². The third-order valence-electron chi connectivity index (χ3n) is 2.48. The highest BCUT2D eigenvalue weighted by molar-refractivity contribution is 9.10. The van der Waals surface area contributed by atoms with Gasteiger partial charge in [0.05, 0.1) is 0 Å². The minimum Gasteiger partial charge on any atom is -0.444 e. The van der Waals surface area contributed by atoms with E-state index in [-0.39, 0.29) is 24.3 Å². The topological polar surface area (TPSA) is 42.2 Å². The summed E-state index contributed by atoms with van der Waals surface area (Å²) in [6.07, 6.45) is 0.206. The van der Waals surface area contributed by atoms with E-state index in [1.54, 1.807) is 6.07 Å². The van der Waals surface area contributed by atoms with Crippen molar-refractivity contribution in [3.63, 3.8) is 0 Å². The Morgan fingerprint density at radius 1 is 1.26 bits per heavy atom. The van der Waals surface area contributed by atoms with Gasteiger partial charge in [0.25, 0.3) is 5.91 Å². The van der Waals surface area contributed by atoms with Crippen molar-refractivity contribution in [2.45, 2.75) is 6.42 Å². The summed E-state index contributed by atoms with van der Waals surface area (Å²) < 4.78 is 31.8. The Hall–Kier alpha value is -1.69. The Bertz CT molecular complexity index is 598. The van der Waals surface area contributed by atoms with Gasteiger partial charge >= 0.3 is 0 Å². The van der Waals surface area contributed by atoms with E-state index >= 15 is 0 Å². The summed E-state index contributed by atoms with van der Waals surface area (Å²) in [6.45, 7) is 0.192. The minimum atomic E-state index is -0.502. The van der Waals surface area contributed by atoms with Crippen molar-refractivity contribution in [2.75, 3.05) is 6.54 Å². The molecule has 0 atom stereocenters. The van der Waals surface area contributed by atoms with E-state index < -0.39 is 17.5 Å². The first-order chi connectivity index (χ1) is 9.06. The number of carbonyl (C=O) groups excluding carboxylic acids is 1. The van der Waals surface area contributed by atoms with Crippen LogP contribution < -0.4 is 5.32 Å². The lowest BCUT2D eigenvalue weighted by molar-refractivity contribution is 0.0925. The largest absolute Gasteiger partial charge is 0.444 e. The highest BCUT2D eigenvalue weighted by atomic mass is 79.9. The van der Waals surface area contributed by atoms with Gasteiger partial charge in [-0.1, -0.05) is 0 Å². The predicted molar refractivity (Wildman–Crippen MR) is 68.8 cm³/mol. The molecule has 6 heteroatoms. The lowest BCUT2D eigenvalue weighted by Gasteiger charge is -2.05. The molecule has 3 nitrogen and oxygen atoms in total. The molecule has 0 aliphatic carbocycles. The second kappa shape index (κ2) is 5.97. The average molecular weight is 330 g/mol. The molecular formula is C13H10BrF2NO2.